The molecule has 5 heteroatoms. The normalized spacial score (nSPS) is 21.4. The molecule has 1 aliphatic heterocycles. The van der Waals surface area contributed by atoms with Crippen LogP contribution < -0.4 is 4.90 Å². The molecule has 0 aliphatic carbocycles. The van der Waals surface area contributed by atoms with E-state index in [0.717, 1.165) is 18.7 Å². The topological polar surface area (TPSA) is 49.7 Å². The zero-order valence-corrected chi connectivity index (χ0v) is 12.9. The van der Waals surface area contributed by atoms with Gasteiger partial charge in [-0.25, -0.2) is 8.42 Å². The molecule has 110 valence electrons. The van der Waals surface area contributed by atoms with E-state index in [-0.39, 0.29) is 17.5 Å². The maximum absolute atomic E-state index is 11.4. The number of rotatable bonds is 5. The summed E-state index contributed by atoms with van der Waals surface area (Å²) in [6.07, 6.45) is 2.44. The molecule has 0 bridgehead atoms. The molecular formula is C15H22N2O2S. The molecule has 0 amide bonds. The minimum Gasteiger partial charge on any atom is -0.372 e. The Morgan fingerprint density at radius 1 is 1.25 bits per heavy atom. The van der Waals surface area contributed by atoms with Crippen LogP contribution >= 0.6 is 0 Å². The maximum Gasteiger partial charge on any atom is 0.152 e. The lowest BCUT2D eigenvalue weighted by atomic mass is 10.2. The highest BCUT2D eigenvalue weighted by molar-refractivity contribution is 7.91. The molecular weight excluding hydrogens is 272 g/mol. The van der Waals surface area contributed by atoms with Gasteiger partial charge in [-0.2, -0.15) is 0 Å². The van der Waals surface area contributed by atoms with Crippen LogP contribution in [0.5, 0.6) is 0 Å². The third-order valence-corrected chi connectivity index (χ3v) is 5.41. The lowest BCUT2D eigenvalue weighted by Gasteiger charge is -2.20. The molecule has 1 atom stereocenters. The van der Waals surface area contributed by atoms with Gasteiger partial charge in [-0.1, -0.05) is 12.1 Å². The molecule has 1 saturated heterocycles. The van der Waals surface area contributed by atoms with Crippen molar-refractivity contribution in [3.8, 4) is 0 Å². The molecule has 0 radical (unpaired) electrons. The van der Waals surface area contributed by atoms with Crippen molar-refractivity contribution in [3.63, 3.8) is 0 Å². The summed E-state index contributed by atoms with van der Waals surface area (Å²) < 4.78 is 22.7. The van der Waals surface area contributed by atoms with Crippen LogP contribution in [0.25, 0.3) is 0 Å². The molecule has 0 saturated carbocycles. The van der Waals surface area contributed by atoms with E-state index in [9.17, 15) is 8.42 Å². The fourth-order valence-corrected chi connectivity index (χ4v) is 4.08. The Morgan fingerprint density at radius 3 is 2.40 bits per heavy atom. The summed E-state index contributed by atoms with van der Waals surface area (Å²) in [5.74, 6) is 0.469. The predicted octanol–water partition coefficient (Wildman–Crippen LogP) is 2.14. The second-order valence-corrected chi connectivity index (χ2v) is 7.33. The highest BCUT2D eigenvalue weighted by Crippen LogP contribution is 2.16. The van der Waals surface area contributed by atoms with Crippen LogP contribution in [0.4, 0.5) is 5.69 Å². The molecule has 1 fully saturated rings. The van der Waals surface area contributed by atoms with E-state index in [4.69, 9.17) is 0 Å². The first-order valence-corrected chi connectivity index (χ1v) is 8.95. The van der Waals surface area contributed by atoms with Gasteiger partial charge < -0.3 is 4.90 Å². The molecule has 1 aromatic rings. The molecule has 20 heavy (non-hydrogen) atoms. The van der Waals surface area contributed by atoms with Crippen molar-refractivity contribution in [2.75, 3.05) is 29.5 Å². The van der Waals surface area contributed by atoms with Crippen LogP contribution in [-0.4, -0.2) is 45.3 Å². The van der Waals surface area contributed by atoms with E-state index >= 15 is 0 Å². The van der Waals surface area contributed by atoms with Crippen LogP contribution in [0.2, 0.25) is 0 Å². The van der Waals surface area contributed by atoms with Gasteiger partial charge in [0.05, 0.1) is 17.5 Å². The highest BCUT2D eigenvalue weighted by atomic mass is 32.2. The Balaban J connectivity index is 2.00. The van der Waals surface area contributed by atoms with E-state index in [2.05, 4.69) is 35.9 Å². The van der Waals surface area contributed by atoms with Crippen LogP contribution in [0.3, 0.4) is 0 Å². The third kappa shape index (κ3) is 3.82. The summed E-state index contributed by atoms with van der Waals surface area (Å²) in [5, 5.41) is 0. The Bertz CT molecular complexity index is 560. The molecule has 0 N–H and O–H groups in total. The number of hydrogen-bond donors (Lipinski definition) is 0. The van der Waals surface area contributed by atoms with Gasteiger partial charge in [0.1, 0.15) is 0 Å². The number of hydrogen-bond acceptors (Lipinski definition) is 4. The van der Waals surface area contributed by atoms with E-state index in [1.165, 1.54) is 5.69 Å². The number of aliphatic imine (C=N–C) groups is 1. The van der Waals surface area contributed by atoms with Gasteiger partial charge in [-0.3, -0.25) is 4.99 Å². The molecule has 4 nitrogen and oxygen atoms in total. The van der Waals surface area contributed by atoms with E-state index in [1.54, 1.807) is 6.21 Å². The number of sulfone groups is 1. The van der Waals surface area contributed by atoms with Crippen molar-refractivity contribution in [3.05, 3.63) is 29.8 Å². The van der Waals surface area contributed by atoms with Gasteiger partial charge in [0.25, 0.3) is 0 Å². The van der Waals surface area contributed by atoms with Gasteiger partial charge in [-0.05, 0) is 38.0 Å². The summed E-state index contributed by atoms with van der Waals surface area (Å²) in [6, 6.07) is 8.16. The third-order valence-electron chi connectivity index (χ3n) is 3.66. The van der Waals surface area contributed by atoms with Crippen LogP contribution in [0, 0.1) is 0 Å². The second kappa shape index (κ2) is 6.39. The smallest absolute Gasteiger partial charge is 0.152 e. The number of benzene rings is 1. The fourth-order valence-electron chi connectivity index (χ4n) is 2.44. The van der Waals surface area contributed by atoms with Crippen molar-refractivity contribution in [1.29, 1.82) is 0 Å². The largest absolute Gasteiger partial charge is 0.372 e. The molecule has 1 heterocycles. The van der Waals surface area contributed by atoms with Crippen LogP contribution in [0.1, 0.15) is 25.8 Å². The number of nitrogens with zero attached hydrogens (tertiary/aromatic N) is 2. The SMILES string of the molecule is CCN(CC)c1ccc(C=N[C@H]2CCS(=O)(=O)C2)cc1. The molecule has 0 spiro atoms. The van der Waals surface area contributed by atoms with Gasteiger partial charge >= 0.3 is 0 Å². The highest BCUT2D eigenvalue weighted by Gasteiger charge is 2.26. The molecule has 0 unspecified atom stereocenters. The van der Waals surface area contributed by atoms with Gasteiger partial charge in [0.15, 0.2) is 9.84 Å². The van der Waals surface area contributed by atoms with Crippen LogP contribution in [-0.2, 0) is 9.84 Å². The van der Waals surface area contributed by atoms with Crippen molar-refractivity contribution in [2.45, 2.75) is 26.3 Å². The summed E-state index contributed by atoms with van der Waals surface area (Å²) in [7, 11) is -2.85. The van der Waals surface area contributed by atoms with E-state index in [0.29, 0.717) is 6.42 Å². The maximum atomic E-state index is 11.4. The average Bonchev–Trinajstić information content (AvgIpc) is 2.79. The average molecular weight is 294 g/mol. The predicted molar refractivity (Wildman–Crippen MR) is 84.7 cm³/mol. The fraction of sp³-hybridized carbons (Fsp3) is 0.533. The van der Waals surface area contributed by atoms with Crippen molar-refractivity contribution >= 4 is 21.7 Å². The molecule has 2 rings (SSSR count). The van der Waals surface area contributed by atoms with E-state index in [1.807, 2.05) is 12.1 Å². The zero-order chi connectivity index (χ0) is 14.6. The summed E-state index contributed by atoms with van der Waals surface area (Å²) in [6.45, 7) is 6.26. The number of anilines is 1. The first-order chi connectivity index (χ1) is 9.54. The van der Waals surface area contributed by atoms with Crippen LogP contribution in [0.15, 0.2) is 29.3 Å². The minimum atomic E-state index is -2.85. The molecule has 1 aromatic carbocycles. The Morgan fingerprint density at radius 2 is 1.90 bits per heavy atom. The van der Waals surface area contributed by atoms with Crippen molar-refractivity contribution in [2.24, 2.45) is 4.99 Å². The summed E-state index contributed by atoms with van der Waals surface area (Å²) >= 11 is 0. The Hall–Kier alpha value is -1.36. The lowest BCUT2D eigenvalue weighted by molar-refractivity contribution is 0.601. The lowest BCUT2D eigenvalue weighted by Crippen LogP contribution is -2.21. The van der Waals surface area contributed by atoms with Crippen molar-refractivity contribution < 1.29 is 8.42 Å². The second-order valence-electron chi connectivity index (χ2n) is 5.10. The van der Waals surface area contributed by atoms with Gasteiger partial charge in [-0.15, -0.1) is 0 Å². The minimum absolute atomic E-state index is 0.0672. The first kappa shape index (κ1) is 15.0. The van der Waals surface area contributed by atoms with Gasteiger partial charge in [0.2, 0.25) is 0 Å². The van der Waals surface area contributed by atoms with Crippen molar-refractivity contribution in [1.82, 2.24) is 0 Å². The quantitative estimate of drug-likeness (QED) is 0.782. The molecule has 0 aromatic heterocycles. The Labute approximate surface area is 121 Å². The Kier molecular flexibility index (Phi) is 4.81. The standard InChI is InChI=1S/C15H22N2O2S/c1-3-17(4-2)15-7-5-13(6-8-15)11-16-14-9-10-20(18,19)12-14/h5-8,11,14H,3-4,9-10,12H2,1-2H3/t14-/m0/s1. The first-order valence-electron chi connectivity index (χ1n) is 7.12. The van der Waals surface area contributed by atoms with E-state index < -0.39 is 9.84 Å². The monoisotopic (exact) mass is 294 g/mol. The summed E-state index contributed by atoms with van der Waals surface area (Å²) in [5.41, 5.74) is 2.22. The summed E-state index contributed by atoms with van der Waals surface area (Å²) in [4.78, 5) is 6.67. The zero-order valence-electron chi connectivity index (χ0n) is 12.1. The molecule has 1 aliphatic rings. The van der Waals surface area contributed by atoms with Gasteiger partial charge in [0, 0.05) is 25.0 Å².